The highest BCUT2D eigenvalue weighted by Crippen LogP contribution is 2.28. The minimum atomic E-state index is -3.95. The zero-order valence-electron chi connectivity index (χ0n) is 19.3. The first kappa shape index (κ1) is 24.6. The molecule has 0 saturated heterocycles. The molecule has 10 nitrogen and oxygen atoms in total. The van der Waals surface area contributed by atoms with Gasteiger partial charge in [-0.05, 0) is 55.5 Å². The zero-order chi connectivity index (χ0) is 26.0. The van der Waals surface area contributed by atoms with E-state index in [-0.39, 0.29) is 26.6 Å². The van der Waals surface area contributed by atoms with E-state index in [4.69, 9.17) is 0 Å². The predicted molar refractivity (Wildman–Crippen MR) is 144 cm³/mol. The summed E-state index contributed by atoms with van der Waals surface area (Å²) in [5.74, 6) is 0.160. The SMILES string of the molecule is Cc1ccc(S(=O)(=O)Nc2nc3ccccc3nc2Nc2ccc(S(=O)(=O)Nc3nccs3)cc2)cc1. The molecule has 37 heavy (non-hydrogen) atoms. The van der Waals surface area contributed by atoms with Gasteiger partial charge in [0.15, 0.2) is 16.8 Å². The summed E-state index contributed by atoms with van der Waals surface area (Å²) in [6.45, 7) is 1.87. The van der Waals surface area contributed by atoms with Crippen LogP contribution in [0.15, 0.2) is 94.2 Å². The van der Waals surface area contributed by atoms with E-state index in [0.717, 1.165) is 5.56 Å². The van der Waals surface area contributed by atoms with E-state index in [2.05, 4.69) is 29.7 Å². The third kappa shape index (κ3) is 5.53. The largest absolute Gasteiger partial charge is 0.337 e. The highest BCUT2D eigenvalue weighted by Gasteiger charge is 2.20. The van der Waals surface area contributed by atoms with Crippen LogP contribution in [0.1, 0.15) is 5.56 Å². The maximum atomic E-state index is 13.1. The summed E-state index contributed by atoms with van der Waals surface area (Å²) in [6, 6.07) is 19.4. The number of aryl methyl sites for hydroxylation is 1. The molecule has 13 heteroatoms. The molecule has 0 spiro atoms. The van der Waals surface area contributed by atoms with Crippen molar-refractivity contribution in [3.05, 3.63) is 89.9 Å². The van der Waals surface area contributed by atoms with Crippen LogP contribution in [0.4, 0.5) is 22.5 Å². The third-order valence-corrected chi connectivity index (χ3v) is 8.74. The van der Waals surface area contributed by atoms with Crippen LogP contribution in [-0.4, -0.2) is 31.8 Å². The Morgan fingerprint density at radius 2 is 1.27 bits per heavy atom. The molecular formula is C24H20N6O4S3. The molecule has 0 aliphatic rings. The van der Waals surface area contributed by atoms with Crippen molar-refractivity contribution in [1.82, 2.24) is 15.0 Å². The van der Waals surface area contributed by atoms with Gasteiger partial charge >= 0.3 is 0 Å². The Hall–Kier alpha value is -4.07. The summed E-state index contributed by atoms with van der Waals surface area (Å²) < 4.78 is 56.3. The van der Waals surface area contributed by atoms with E-state index >= 15 is 0 Å². The lowest BCUT2D eigenvalue weighted by Crippen LogP contribution is -2.16. The molecule has 0 bridgehead atoms. The second-order valence-electron chi connectivity index (χ2n) is 7.92. The van der Waals surface area contributed by atoms with Crippen molar-refractivity contribution in [2.75, 3.05) is 14.8 Å². The molecule has 188 valence electrons. The molecule has 0 saturated carbocycles. The smallest absolute Gasteiger partial charge is 0.263 e. The van der Waals surface area contributed by atoms with Gasteiger partial charge in [0, 0.05) is 17.3 Å². The van der Waals surface area contributed by atoms with E-state index < -0.39 is 20.0 Å². The molecule has 5 rings (SSSR count). The Morgan fingerprint density at radius 1 is 0.703 bits per heavy atom. The Kier molecular flexibility index (Phi) is 6.50. The Bertz CT molecular complexity index is 1770. The van der Waals surface area contributed by atoms with Gasteiger partial charge in [0.25, 0.3) is 20.0 Å². The van der Waals surface area contributed by atoms with Crippen molar-refractivity contribution in [2.24, 2.45) is 0 Å². The monoisotopic (exact) mass is 552 g/mol. The molecule has 2 aromatic heterocycles. The number of para-hydroxylation sites is 2. The summed E-state index contributed by atoms with van der Waals surface area (Å²) in [4.78, 5) is 13.1. The average molecular weight is 553 g/mol. The van der Waals surface area contributed by atoms with Gasteiger partial charge in [-0.1, -0.05) is 29.8 Å². The summed E-state index contributed by atoms with van der Waals surface area (Å²) >= 11 is 1.17. The predicted octanol–water partition coefficient (Wildman–Crippen LogP) is 4.74. The molecule has 0 aliphatic heterocycles. The summed E-state index contributed by atoms with van der Waals surface area (Å²) in [7, 11) is -7.77. The van der Waals surface area contributed by atoms with Gasteiger partial charge < -0.3 is 5.32 Å². The highest BCUT2D eigenvalue weighted by atomic mass is 32.2. The van der Waals surface area contributed by atoms with Crippen molar-refractivity contribution in [2.45, 2.75) is 16.7 Å². The van der Waals surface area contributed by atoms with Crippen molar-refractivity contribution < 1.29 is 16.8 Å². The minimum absolute atomic E-state index is 0.00131. The molecule has 3 aromatic carbocycles. The lowest BCUT2D eigenvalue weighted by atomic mass is 10.2. The van der Waals surface area contributed by atoms with Crippen LogP contribution in [0.25, 0.3) is 11.0 Å². The first-order chi connectivity index (χ1) is 17.7. The topological polar surface area (TPSA) is 143 Å². The zero-order valence-corrected chi connectivity index (χ0v) is 21.7. The Labute approximate surface area is 217 Å². The van der Waals surface area contributed by atoms with Crippen LogP contribution in [0.5, 0.6) is 0 Å². The summed E-state index contributed by atoms with van der Waals surface area (Å²) in [6.07, 6.45) is 1.50. The van der Waals surface area contributed by atoms with Crippen LogP contribution in [0.2, 0.25) is 0 Å². The van der Waals surface area contributed by atoms with Crippen molar-refractivity contribution in [1.29, 1.82) is 0 Å². The molecule has 3 N–H and O–H groups in total. The van der Waals surface area contributed by atoms with E-state index in [9.17, 15) is 16.8 Å². The first-order valence-electron chi connectivity index (χ1n) is 10.9. The fraction of sp³-hybridized carbons (Fsp3) is 0.0417. The van der Waals surface area contributed by atoms with Crippen LogP contribution in [-0.2, 0) is 20.0 Å². The van der Waals surface area contributed by atoms with Gasteiger partial charge in [-0.25, -0.2) is 31.8 Å². The van der Waals surface area contributed by atoms with E-state index in [0.29, 0.717) is 16.7 Å². The number of benzene rings is 3. The van der Waals surface area contributed by atoms with Gasteiger partial charge in [0.1, 0.15) is 0 Å². The Balaban J connectivity index is 1.46. The van der Waals surface area contributed by atoms with Crippen molar-refractivity contribution >= 4 is 64.9 Å². The first-order valence-corrected chi connectivity index (χ1v) is 14.7. The van der Waals surface area contributed by atoms with Crippen LogP contribution in [0, 0.1) is 6.92 Å². The van der Waals surface area contributed by atoms with Crippen LogP contribution >= 0.6 is 11.3 Å². The number of anilines is 4. The fourth-order valence-electron chi connectivity index (χ4n) is 3.36. The lowest BCUT2D eigenvalue weighted by Gasteiger charge is -2.14. The molecule has 0 fully saturated rings. The molecular weight excluding hydrogens is 533 g/mol. The second kappa shape index (κ2) is 9.76. The van der Waals surface area contributed by atoms with Crippen LogP contribution < -0.4 is 14.8 Å². The molecule has 0 unspecified atom stereocenters. The average Bonchev–Trinajstić information content (AvgIpc) is 3.37. The number of hydrogen-bond acceptors (Lipinski definition) is 9. The quantitative estimate of drug-likeness (QED) is 0.250. The van der Waals surface area contributed by atoms with Crippen molar-refractivity contribution in [3.8, 4) is 0 Å². The lowest BCUT2D eigenvalue weighted by molar-refractivity contribution is 0.599. The van der Waals surface area contributed by atoms with Gasteiger partial charge in [-0.2, -0.15) is 0 Å². The van der Waals surface area contributed by atoms with Gasteiger partial charge in [-0.15, -0.1) is 11.3 Å². The molecule has 0 atom stereocenters. The number of rotatable bonds is 8. The van der Waals surface area contributed by atoms with Crippen molar-refractivity contribution in [3.63, 3.8) is 0 Å². The molecule has 2 heterocycles. The number of sulfonamides is 2. The second-order valence-corrected chi connectivity index (χ2v) is 12.2. The van der Waals surface area contributed by atoms with E-state index in [1.807, 2.05) is 6.92 Å². The highest BCUT2D eigenvalue weighted by molar-refractivity contribution is 7.93. The maximum Gasteiger partial charge on any atom is 0.263 e. The van der Waals surface area contributed by atoms with E-state index in [1.165, 1.54) is 41.8 Å². The fourth-order valence-corrected chi connectivity index (χ4v) is 6.16. The minimum Gasteiger partial charge on any atom is -0.337 e. The summed E-state index contributed by atoms with van der Waals surface area (Å²) in [5, 5.41) is 4.98. The number of hydrogen-bond donors (Lipinski definition) is 3. The van der Waals surface area contributed by atoms with Crippen LogP contribution in [0.3, 0.4) is 0 Å². The number of thiazole rings is 1. The van der Waals surface area contributed by atoms with Gasteiger partial charge in [0.2, 0.25) is 0 Å². The number of aromatic nitrogens is 3. The van der Waals surface area contributed by atoms with Gasteiger partial charge in [0.05, 0.1) is 20.8 Å². The normalized spacial score (nSPS) is 11.8. The van der Waals surface area contributed by atoms with Gasteiger partial charge in [-0.3, -0.25) is 9.44 Å². The standard InChI is InChI=1S/C24H20N6O4S3/c1-16-6-10-18(11-7-16)36(31,32)29-23-22(27-20-4-2-3-5-21(20)28-23)26-17-8-12-19(13-9-17)37(33,34)30-24-25-14-15-35-24/h2-15H,1H3,(H,25,30)(H,26,27)(H,28,29). The molecule has 0 amide bonds. The number of nitrogens with one attached hydrogen (secondary N) is 3. The summed E-state index contributed by atoms with van der Waals surface area (Å²) in [5.41, 5.74) is 2.46. The number of fused-ring (bicyclic) bond motifs is 1. The molecule has 5 aromatic rings. The molecule has 0 aliphatic carbocycles. The third-order valence-electron chi connectivity index (χ3n) is 5.21. The Morgan fingerprint density at radius 3 is 1.86 bits per heavy atom. The maximum absolute atomic E-state index is 13.1. The molecule has 0 radical (unpaired) electrons. The number of nitrogens with zero attached hydrogens (tertiary/aromatic N) is 3. The van der Waals surface area contributed by atoms with E-state index in [1.54, 1.807) is 53.9 Å².